The van der Waals surface area contributed by atoms with Gasteiger partial charge in [0.05, 0.1) is 18.4 Å². The monoisotopic (exact) mass is 463 g/mol. The average molecular weight is 463 g/mol. The van der Waals surface area contributed by atoms with Crippen LogP contribution < -0.4 is 4.74 Å². The van der Waals surface area contributed by atoms with Gasteiger partial charge < -0.3 is 20.1 Å². The minimum absolute atomic E-state index is 0.00140. The molecular weight excluding hydrogens is 446 g/mol. The van der Waals surface area contributed by atoms with Gasteiger partial charge in [0.1, 0.15) is 45.0 Å². The van der Waals surface area contributed by atoms with Crippen molar-refractivity contribution in [3.8, 4) is 17.6 Å². The number of benzene rings is 1. The van der Waals surface area contributed by atoms with E-state index >= 15 is 0 Å². The first-order valence-corrected chi connectivity index (χ1v) is 9.67. The molecule has 1 aliphatic heterocycles. The smallest absolute Gasteiger partial charge is 0.508 e. The van der Waals surface area contributed by atoms with E-state index in [9.17, 15) is 26.9 Å². The molecule has 168 valence electrons. The van der Waals surface area contributed by atoms with Gasteiger partial charge >= 0.3 is 6.36 Å². The summed E-state index contributed by atoms with van der Waals surface area (Å²) in [5, 5.41) is 35.8. The van der Waals surface area contributed by atoms with Crippen LogP contribution in [0.4, 0.5) is 17.6 Å². The number of hydrogen-bond acceptors (Lipinski definition) is 7. The van der Waals surface area contributed by atoms with Gasteiger partial charge in [0.15, 0.2) is 0 Å². The van der Waals surface area contributed by atoms with E-state index in [1.54, 1.807) is 6.07 Å². The largest absolute Gasteiger partial charge is 0.573 e. The van der Waals surface area contributed by atoms with Crippen molar-refractivity contribution in [2.75, 3.05) is 19.7 Å². The Balaban J connectivity index is 0.000000285. The third-order valence-electron chi connectivity index (χ3n) is 4.02. The SMILES string of the molecule is N#Cc1ccc(O)cc1F.O=S(c1ccc(OC(F)(F)F)cn1)N1CCC(O)(CO)C1. The molecule has 3 rings (SSSR count). The zero-order valence-corrected chi connectivity index (χ0v) is 16.5. The molecule has 2 aromatic rings. The summed E-state index contributed by atoms with van der Waals surface area (Å²) < 4.78 is 65.7. The lowest BCUT2D eigenvalue weighted by Crippen LogP contribution is -2.37. The van der Waals surface area contributed by atoms with Crippen LogP contribution in [-0.4, -0.2) is 60.5 Å². The lowest BCUT2D eigenvalue weighted by atomic mass is 10.1. The highest BCUT2D eigenvalue weighted by molar-refractivity contribution is 7.82. The Kier molecular flexibility index (Phi) is 7.91. The number of pyridine rings is 1. The number of aliphatic hydroxyl groups excluding tert-OH is 1. The Morgan fingerprint density at radius 2 is 2.03 bits per heavy atom. The van der Waals surface area contributed by atoms with Crippen LogP contribution in [0.15, 0.2) is 41.6 Å². The van der Waals surface area contributed by atoms with Gasteiger partial charge in [-0.1, -0.05) is 0 Å². The molecule has 0 saturated carbocycles. The first kappa shape index (κ1) is 24.5. The highest BCUT2D eigenvalue weighted by Crippen LogP contribution is 2.26. The first-order valence-electron chi connectivity index (χ1n) is 8.57. The summed E-state index contributed by atoms with van der Waals surface area (Å²) in [6.07, 6.45) is -3.73. The number of β-amino-alcohol motifs (C(OH)–C–C–N with tert-alkyl or cyclic N) is 1. The summed E-state index contributed by atoms with van der Waals surface area (Å²) in [4.78, 5) is 3.67. The van der Waals surface area contributed by atoms with Crippen molar-refractivity contribution < 1.29 is 41.8 Å². The van der Waals surface area contributed by atoms with Crippen molar-refractivity contribution in [3.63, 3.8) is 0 Å². The zero-order chi connectivity index (χ0) is 23.2. The molecule has 2 atom stereocenters. The summed E-state index contributed by atoms with van der Waals surface area (Å²) in [7, 11) is -1.72. The highest BCUT2D eigenvalue weighted by atomic mass is 32.2. The van der Waals surface area contributed by atoms with Crippen molar-refractivity contribution in [2.45, 2.75) is 23.4 Å². The van der Waals surface area contributed by atoms with Crippen molar-refractivity contribution in [3.05, 3.63) is 47.9 Å². The highest BCUT2D eigenvalue weighted by Gasteiger charge is 2.38. The maximum Gasteiger partial charge on any atom is 0.573 e. The molecule has 1 aromatic carbocycles. The molecule has 1 aromatic heterocycles. The van der Waals surface area contributed by atoms with Gasteiger partial charge in [0.25, 0.3) is 0 Å². The van der Waals surface area contributed by atoms with Crippen LogP contribution in [0.2, 0.25) is 0 Å². The van der Waals surface area contributed by atoms with E-state index in [-0.39, 0.29) is 35.8 Å². The number of alkyl halides is 3. The maximum absolute atomic E-state index is 12.5. The quantitative estimate of drug-likeness (QED) is 0.591. The summed E-state index contributed by atoms with van der Waals surface area (Å²) in [5.74, 6) is -1.37. The van der Waals surface area contributed by atoms with Crippen molar-refractivity contribution in [2.24, 2.45) is 0 Å². The van der Waals surface area contributed by atoms with E-state index in [0.717, 1.165) is 24.4 Å². The fourth-order valence-corrected chi connectivity index (χ4v) is 3.69. The van der Waals surface area contributed by atoms with Crippen molar-refractivity contribution >= 4 is 11.0 Å². The number of ether oxygens (including phenoxy) is 1. The summed E-state index contributed by atoms with van der Waals surface area (Å²) >= 11 is 0. The van der Waals surface area contributed by atoms with Crippen LogP contribution in [-0.2, 0) is 11.0 Å². The Hall–Kier alpha value is -2.79. The van der Waals surface area contributed by atoms with Gasteiger partial charge in [0.2, 0.25) is 0 Å². The first-order chi connectivity index (χ1) is 14.5. The number of phenolic OH excluding ortho intramolecular Hbond substituents is 1. The number of aliphatic hydroxyl groups is 2. The van der Waals surface area contributed by atoms with Crippen LogP contribution in [0.25, 0.3) is 0 Å². The van der Waals surface area contributed by atoms with Crippen LogP contribution >= 0.6 is 0 Å². The molecule has 0 bridgehead atoms. The molecule has 1 fully saturated rings. The number of aromatic hydroxyl groups is 1. The predicted molar refractivity (Wildman–Crippen MR) is 98.3 cm³/mol. The maximum atomic E-state index is 12.5. The van der Waals surface area contributed by atoms with E-state index in [2.05, 4.69) is 9.72 Å². The summed E-state index contributed by atoms with van der Waals surface area (Å²) in [6.45, 7) is -0.169. The third kappa shape index (κ3) is 7.14. The second kappa shape index (κ2) is 10.0. The number of nitrogens with zero attached hydrogens (tertiary/aromatic N) is 3. The number of hydrogen-bond donors (Lipinski definition) is 3. The van der Waals surface area contributed by atoms with E-state index in [0.29, 0.717) is 0 Å². The van der Waals surface area contributed by atoms with Crippen molar-refractivity contribution in [1.82, 2.24) is 9.29 Å². The average Bonchev–Trinajstić information content (AvgIpc) is 3.10. The molecule has 0 spiro atoms. The fraction of sp³-hybridized carbons (Fsp3) is 0.333. The van der Waals surface area contributed by atoms with Crippen LogP contribution in [0.1, 0.15) is 12.0 Å². The molecule has 3 N–H and O–H groups in total. The van der Waals surface area contributed by atoms with E-state index < -0.39 is 41.1 Å². The Bertz CT molecular complexity index is 968. The zero-order valence-electron chi connectivity index (χ0n) is 15.7. The molecule has 1 aliphatic rings. The number of nitriles is 1. The normalized spacial score (nSPS) is 19.8. The molecule has 31 heavy (non-hydrogen) atoms. The van der Waals surface area contributed by atoms with Crippen LogP contribution in [0.3, 0.4) is 0 Å². The van der Waals surface area contributed by atoms with Crippen LogP contribution in [0, 0.1) is 17.1 Å². The van der Waals surface area contributed by atoms with Gasteiger partial charge in [-0.25, -0.2) is 17.9 Å². The number of rotatable bonds is 4. The third-order valence-corrected chi connectivity index (χ3v) is 5.40. The van der Waals surface area contributed by atoms with Gasteiger partial charge in [-0.2, -0.15) is 5.26 Å². The summed E-state index contributed by atoms with van der Waals surface area (Å²) in [6, 6.07) is 7.21. The molecule has 2 unspecified atom stereocenters. The van der Waals surface area contributed by atoms with Gasteiger partial charge in [-0.3, -0.25) is 0 Å². The number of aromatic nitrogens is 1. The Labute approximate surface area is 176 Å². The minimum atomic E-state index is -4.81. The van der Waals surface area contributed by atoms with E-state index in [1.165, 1.54) is 16.4 Å². The van der Waals surface area contributed by atoms with Gasteiger partial charge in [0, 0.05) is 19.2 Å². The predicted octanol–water partition coefficient (Wildman–Crippen LogP) is 1.83. The minimum Gasteiger partial charge on any atom is -0.508 e. The summed E-state index contributed by atoms with van der Waals surface area (Å²) in [5.41, 5.74) is -1.37. The van der Waals surface area contributed by atoms with Gasteiger partial charge in [-0.05, 0) is 30.7 Å². The fourth-order valence-electron chi connectivity index (χ4n) is 2.48. The standard InChI is InChI=1S/C11H13F3N2O4S.C7H4FNO/c12-11(13,14)20-8-1-2-9(15-5-8)21(19)16-4-3-10(18,6-16)7-17;8-7-3-6(10)2-1-5(7)4-9/h1-2,5,17-18H,3-4,6-7H2;1-3,10H. The molecule has 2 heterocycles. The molecule has 0 aliphatic carbocycles. The van der Waals surface area contributed by atoms with Crippen LogP contribution in [0.5, 0.6) is 11.5 Å². The number of phenols is 1. The molecular formula is C18H17F4N3O5S. The second-order valence-electron chi connectivity index (χ2n) is 6.40. The van der Waals surface area contributed by atoms with Gasteiger partial charge in [-0.15, -0.1) is 13.2 Å². The molecule has 0 radical (unpaired) electrons. The molecule has 1 saturated heterocycles. The number of halogens is 4. The molecule has 0 amide bonds. The molecule has 13 heteroatoms. The molecule has 8 nitrogen and oxygen atoms in total. The Morgan fingerprint density at radius 3 is 2.52 bits per heavy atom. The lowest BCUT2D eigenvalue weighted by Gasteiger charge is -2.19. The Morgan fingerprint density at radius 1 is 1.32 bits per heavy atom. The van der Waals surface area contributed by atoms with E-state index in [1.807, 2.05) is 0 Å². The second-order valence-corrected chi connectivity index (χ2v) is 7.83. The topological polar surface area (TPSA) is 127 Å². The lowest BCUT2D eigenvalue weighted by molar-refractivity contribution is -0.274. The van der Waals surface area contributed by atoms with Crippen molar-refractivity contribution in [1.29, 1.82) is 5.26 Å². The van der Waals surface area contributed by atoms with E-state index in [4.69, 9.17) is 15.5 Å².